The van der Waals surface area contributed by atoms with Crippen molar-refractivity contribution >= 4 is 29.0 Å². The van der Waals surface area contributed by atoms with Gasteiger partial charge in [-0.05, 0) is 32.0 Å². The molecule has 1 aromatic carbocycles. The van der Waals surface area contributed by atoms with Crippen LogP contribution in [0.1, 0.15) is 32.2 Å². The van der Waals surface area contributed by atoms with Gasteiger partial charge in [-0.25, -0.2) is 15.8 Å². The molecule has 0 aliphatic heterocycles. The fourth-order valence-corrected chi connectivity index (χ4v) is 2.44. The molecule has 0 aliphatic carbocycles. The Bertz CT molecular complexity index is 797. The third-order valence-electron chi connectivity index (χ3n) is 3.53. The number of nitrogen functional groups attached to an aromatic ring is 1. The molecule has 0 fully saturated rings. The molecule has 9 heteroatoms. The molecule has 0 saturated carbocycles. The molecule has 0 amide bonds. The summed E-state index contributed by atoms with van der Waals surface area (Å²) in [5, 5.41) is 2.40. The second-order valence-electron chi connectivity index (χ2n) is 5.43. The summed E-state index contributed by atoms with van der Waals surface area (Å²) < 4.78 is 5.61. The monoisotopic (exact) mass is 412 g/mol. The van der Waals surface area contributed by atoms with Crippen molar-refractivity contribution in [2.45, 2.75) is 34.2 Å². The summed E-state index contributed by atoms with van der Waals surface area (Å²) in [6.45, 7) is 8.00. The number of nitrogens with two attached hydrogens (primary N) is 3. The lowest BCUT2D eigenvalue weighted by Gasteiger charge is -2.22. The number of ether oxygens (including phenoxy) is 1. The van der Waals surface area contributed by atoms with Crippen LogP contribution in [0.3, 0.4) is 0 Å². The first kappa shape index (κ1) is 22.8. The predicted molar refractivity (Wildman–Crippen MR) is 111 cm³/mol. The minimum atomic E-state index is 0.126. The van der Waals surface area contributed by atoms with E-state index in [9.17, 15) is 0 Å². The maximum atomic E-state index is 6.06. The summed E-state index contributed by atoms with van der Waals surface area (Å²) in [4.78, 5) is 8.23. The summed E-state index contributed by atoms with van der Waals surface area (Å²) in [6, 6.07) is 4.96. The third-order valence-corrected chi connectivity index (χ3v) is 4.06. The third kappa shape index (κ3) is 6.78. The number of anilines is 1. The highest BCUT2D eigenvalue weighted by Crippen LogP contribution is 2.27. The Balaban J connectivity index is 0.00000176. The van der Waals surface area contributed by atoms with E-state index < -0.39 is 0 Å². The molecule has 0 aliphatic rings. The van der Waals surface area contributed by atoms with Crippen molar-refractivity contribution < 1.29 is 4.74 Å². The van der Waals surface area contributed by atoms with Crippen LogP contribution in [0.5, 0.6) is 5.75 Å². The van der Waals surface area contributed by atoms with Crippen molar-refractivity contribution in [3.63, 3.8) is 0 Å². The number of aromatic nitrogens is 2. The molecule has 0 saturated heterocycles. The van der Waals surface area contributed by atoms with E-state index in [1.54, 1.807) is 38.2 Å². The van der Waals surface area contributed by atoms with Crippen LogP contribution in [-0.4, -0.2) is 21.6 Å². The molecule has 148 valence electrons. The first-order valence-electron chi connectivity index (χ1n) is 8.41. The highest BCUT2D eigenvalue weighted by molar-refractivity contribution is 6.35. The van der Waals surface area contributed by atoms with Crippen LogP contribution in [0, 0.1) is 6.92 Å². The highest BCUT2D eigenvalue weighted by atomic mass is 35.5. The van der Waals surface area contributed by atoms with Gasteiger partial charge >= 0.3 is 0 Å². The van der Waals surface area contributed by atoms with E-state index in [1.165, 1.54) is 5.01 Å². The average molecular weight is 413 g/mol. The summed E-state index contributed by atoms with van der Waals surface area (Å²) in [5.74, 6) is 7.54. The molecular formula is C18H26Cl2N6O. The Morgan fingerprint density at radius 2 is 1.93 bits per heavy atom. The van der Waals surface area contributed by atoms with Crippen molar-refractivity contribution in [2.24, 2.45) is 11.6 Å². The molecule has 0 atom stereocenters. The van der Waals surface area contributed by atoms with Gasteiger partial charge in [-0.1, -0.05) is 37.0 Å². The Kier molecular flexibility index (Phi) is 9.14. The fraction of sp³-hybridized carbons (Fsp3) is 0.333. The summed E-state index contributed by atoms with van der Waals surface area (Å²) in [6.07, 6.45) is 1.64. The molecule has 27 heavy (non-hydrogen) atoms. The minimum absolute atomic E-state index is 0.126. The topological polar surface area (TPSA) is 116 Å². The van der Waals surface area contributed by atoms with E-state index in [1.807, 2.05) is 13.8 Å². The Hall–Kier alpha value is -2.22. The van der Waals surface area contributed by atoms with Crippen LogP contribution in [0.2, 0.25) is 10.0 Å². The van der Waals surface area contributed by atoms with E-state index in [4.69, 9.17) is 45.2 Å². The zero-order chi connectivity index (χ0) is 20.6. The van der Waals surface area contributed by atoms with Gasteiger partial charge in [-0.15, -0.1) is 0 Å². The SMILES string of the molecule is C/C(=C(/N)COc1ccc(Cl)cc1Cl)N(N)Cc1cnc(C)nc1N.CC. The van der Waals surface area contributed by atoms with Crippen molar-refractivity contribution in [2.75, 3.05) is 12.3 Å². The van der Waals surface area contributed by atoms with Crippen LogP contribution >= 0.6 is 23.2 Å². The quantitative estimate of drug-likeness (QED) is 0.489. The molecule has 1 heterocycles. The molecule has 1 aromatic heterocycles. The minimum Gasteiger partial charge on any atom is -0.486 e. The predicted octanol–water partition coefficient (Wildman–Crippen LogP) is 3.65. The maximum absolute atomic E-state index is 6.06. The molecule has 0 bridgehead atoms. The molecule has 7 nitrogen and oxygen atoms in total. The van der Waals surface area contributed by atoms with Gasteiger partial charge in [0.1, 0.15) is 24.0 Å². The largest absolute Gasteiger partial charge is 0.486 e. The number of hydrazine groups is 1. The number of nitrogens with zero attached hydrogens (tertiary/aromatic N) is 3. The van der Waals surface area contributed by atoms with Crippen molar-refractivity contribution in [1.29, 1.82) is 0 Å². The lowest BCUT2D eigenvalue weighted by Crippen LogP contribution is -2.32. The number of aryl methyl sites for hydroxylation is 1. The van der Waals surface area contributed by atoms with Crippen LogP contribution in [-0.2, 0) is 6.54 Å². The van der Waals surface area contributed by atoms with Gasteiger partial charge in [0, 0.05) is 22.5 Å². The number of rotatable bonds is 6. The van der Waals surface area contributed by atoms with Gasteiger partial charge in [0.25, 0.3) is 0 Å². The second-order valence-corrected chi connectivity index (χ2v) is 6.27. The molecular weight excluding hydrogens is 387 g/mol. The highest BCUT2D eigenvalue weighted by Gasteiger charge is 2.11. The molecule has 2 aromatic rings. The van der Waals surface area contributed by atoms with Gasteiger partial charge in [0.05, 0.1) is 17.3 Å². The number of halogens is 2. The zero-order valence-corrected chi connectivity index (χ0v) is 17.5. The number of hydrogen-bond acceptors (Lipinski definition) is 7. The lowest BCUT2D eigenvalue weighted by atomic mass is 10.2. The van der Waals surface area contributed by atoms with Crippen LogP contribution in [0.4, 0.5) is 5.82 Å². The van der Waals surface area contributed by atoms with Crippen molar-refractivity contribution in [1.82, 2.24) is 15.0 Å². The average Bonchev–Trinajstić information content (AvgIpc) is 2.64. The number of benzene rings is 1. The van der Waals surface area contributed by atoms with Gasteiger partial charge < -0.3 is 21.2 Å². The zero-order valence-electron chi connectivity index (χ0n) is 16.0. The van der Waals surface area contributed by atoms with E-state index in [-0.39, 0.29) is 6.61 Å². The molecule has 6 N–H and O–H groups in total. The Morgan fingerprint density at radius 3 is 2.52 bits per heavy atom. The van der Waals surface area contributed by atoms with Gasteiger partial charge in [-0.2, -0.15) is 0 Å². The molecule has 0 unspecified atom stereocenters. The van der Waals surface area contributed by atoms with Crippen LogP contribution in [0.25, 0.3) is 0 Å². The van der Waals surface area contributed by atoms with E-state index in [0.717, 1.165) is 0 Å². The van der Waals surface area contributed by atoms with Crippen molar-refractivity contribution in [3.8, 4) is 5.75 Å². The molecule has 0 spiro atoms. The summed E-state index contributed by atoms with van der Waals surface area (Å²) >= 11 is 11.9. The fourth-order valence-electron chi connectivity index (χ4n) is 1.97. The smallest absolute Gasteiger partial charge is 0.138 e. The molecule has 0 radical (unpaired) electrons. The Morgan fingerprint density at radius 1 is 1.26 bits per heavy atom. The summed E-state index contributed by atoms with van der Waals surface area (Å²) in [5.41, 5.74) is 13.8. The first-order valence-corrected chi connectivity index (χ1v) is 9.16. The summed E-state index contributed by atoms with van der Waals surface area (Å²) in [7, 11) is 0. The van der Waals surface area contributed by atoms with Gasteiger partial charge in [0.15, 0.2) is 0 Å². The van der Waals surface area contributed by atoms with E-state index >= 15 is 0 Å². The standard InChI is InChI=1S/C16H20Cl2N6O.C2H6/c1-9(24(21)7-11-6-22-10(2)23-16(11)20)14(19)8-25-15-4-3-12(17)5-13(15)18;1-2/h3-6H,7-8,19,21H2,1-2H3,(H2,20,22,23);1-2H3/b14-9-;. The van der Waals surface area contributed by atoms with Crippen LogP contribution < -0.4 is 22.0 Å². The second kappa shape index (κ2) is 10.8. The van der Waals surface area contributed by atoms with Crippen molar-refractivity contribution in [3.05, 3.63) is 57.2 Å². The number of allylic oxidation sites excluding steroid dienone is 1. The van der Waals surface area contributed by atoms with E-state index in [2.05, 4.69) is 9.97 Å². The van der Waals surface area contributed by atoms with Gasteiger partial charge in [0.2, 0.25) is 0 Å². The first-order chi connectivity index (χ1) is 12.8. The number of hydrogen-bond donors (Lipinski definition) is 3. The molecule has 2 rings (SSSR count). The normalized spacial score (nSPS) is 11.2. The maximum Gasteiger partial charge on any atom is 0.138 e. The van der Waals surface area contributed by atoms with Crippen LogP contribution in [0.15, 0.2) is 35.8 Å². The lowest BCUT2D eigenvalue weighted by molar-refractivity contribution is 0.318. The van der Waals surface area contributed by atoms with Gasteiger partial charge in [-0.3, -0.25) is 0 Å². The Labute approximate surface area is 170 Å². The van der Waals surface area contributed by atoms with E-state index in [0.29, 0.717) is 50.9 Å².